The third kappa shape index (κ3) is 1.32. The first-order chi connectivity index (χ1) is 6.18. The maximum Gasteiger partial charge on any atom is 0.304 e. The summed E-state index contributed by atoms with van der Waals surface area (Å²) in [6, 6.07) is 0. The number of aromatic nitrogens is 2. The average molecular weight is 180 g/mol. The van der Waals surface area contributed by atoms with Crippen LogP contribution in [0, 0.1) is 0 Å². The van der Waals surface area contributed by atoms with E-state index in [-0.39, 0.29) is 12.3 Å². The fourth-order valence-electron chi connectivity index (χ4n) is 2.09. The zero-order valence-electron chi connectivity index (χ0n) is 7.53. The summed E-state index contributed by atoms with van der Waals surface area (Å²) in [6.07, 6.45) is 4.00. The Labute approximate surface area is 76.2 Å². The second-order valence-corrected chi connectivity index (χ2v) is 3.51. The summed E-state index contributed by atoms with van der Waals surface area (Å²) in [5, 5.41) is 12.8. The first-order valence-corrected chi connectivity index (χ1v) is 4.41. The van der Waals surface area contributed by atoms with E-state index in [1.807, 2.05) is 13.2 Å². The van der Waals surface area contributed by atoms with Crippen molar-refractivity contribution in [1.82, 2.24) is 9.78 Å². The Kier molecular flexibility index (Phi) is 1.83. The fraction of sp³-hybridized carbons (Fsp3) is 0.556. The van der Waals surface area contributed by atoms with Crippen molar-refractivity contribution in [3.05, 3.63) is 17.5 Å². The number of carboxylic acids is 1. The molecule has 1 aliphatic rings. The van der Waals surface area contributed by atoms with Crippen LogP contribution in [0.1, 0.15) is 30.0 Å². The molecule has 13 heavy (non-hydrogen) atoms. The van der Waals surface area contributed by atoms with Gasteiger partial charge >= 0.3 is 5.97 Å². The third-order valence-corrected chi connectivity index (χ3v) is 2.63. The Morgan fingerprint density at radius 2 is 2.62 bits per heavy atom. The topological polar surface area (TPSA) is 55.1 Å². The van der Waals surface area contributed by atoms with Crippen molar-refractivity contribution in [2.24, 2.45) is 7.05 Å². The molecule has 0 bridgehead atoms. The van der Waals surface area contributed by atoms with Crippen LogP contribution >= 0.6 is 0 Å². The van der Waals surface area contributed by atoms with Crippen LogP contribution in [0.5, 0.6) is 0 Å². The molecule has 0 fully saturated rings. The molecule has 4 heteroatoms. The third-order valence-electron chi connectivity index (χ3n) is 2.63. The van der Waals surface area contributed by atoms with Gasteiger partial charge < -0.3 is 5.11 Å². The molecule has 1 N–H and O–H groups in total. The molecule has 0 aromatic carbocycles. The SMILES string of the molecule is Cn1ncc2c1C(CC(=O)O)CC2. The number of rotatable bonds is 2. The fourth-order valence-corrected chi connectivity index (χ4v) is 2.09. The molecule has 1 aromatic heterocycles. The first kappa shape index (κ1) is 8.29. The number of hydrogen-bond acceptors (Lipinski definition) is 2. The van der Waals surface area contributed by atoms with Crippen molar-refractivity contribution in [1.29, 1.82) is 0 Å². The van der Waals surface area contributed by atoms with Crippen LogP contribution in [0.4, 0.5) is 0 Å². The van der Waals surface area contributed by atoms with Crippen molar-refractivity contribution in [2.45, 2.75) is 25.2 Å². The number of aliphatic carboxylic acids is 1. The Hall–Kier alpha value is -1.32. The van der Waals surface area contributed by atoms with Gasteiger partial charge in [0.2, 0.25) is 0 Å². The maximum absolute atomic E-state index is 10.6. The van der Waals surface area contributed by atoms with Gasteiger partial charge in [0.05, 0.1) is 12.6 Å². The molecule has 70 valence electrons. The van der Waals surface area contributed by atoms with E-state index in [0.717, 1.165) is 18.5 Å². The minimum atomic E-state index is -0.723. The van der Waals surface area contributed by atoms with Crippen LogP contribution in [0.15, 0.2) is 6.20 Å². The van der Waals surface area contributed by atoms with Crippen molar-refractivity contribution < 1.29 is 9.90 Å². The predicted octanol–water partition coefficient (Wildman–Crippen LogP) is 0.925. The lowest BCUT2D eigenvalue weighted by Gasteiger charge is -2.08. The van der Waals surface area contributed by atoms with Crippen LogP contribution in [0.25, 0.3) is 0 Å². The van der Waals surface area contributed by atoms with Crippen molar-refractivity contribution in [3.63, 3.8) is 0 Å². The Morgan fingerprint density at radius 1 is 1.85 bits per heavy atom. The molecular weight excluding hydrogens is 168 g/mol. The number of aryl methyl sites for hydroxylation is 2. The second-order valence-electron chi connectivity index (χ2n) is 3.51. The molecule has 0 saturated heterocycles. The van der Waals surface area contributed by atoms with Gasteiger partial charge in [0, 0.05) is 18.7 Å². The summed E-state index contributed by atoms with van der Waals surface area (Å²) < 4.78 is 1.80. The summed E-state index contributed by atoms with van der Waals surface area (Å²) in [7, 11) is 1.87. The van der Waals surface area contributed by atoms with E-state index in [9.17, 15) is 4.79 Å². The Morgan fingerprint density at radius 3 is 3.31 bits per heavy atom. The Balaban J connectivity index is 2.26. The average Bonchev–Trinajstić information content (AvgIpc) is 2.56. The molecule has 0 spiro atoms. The van der Waals surface area contributed by atoms with E-state index < -0.39 is 5.97 Å². The molecule has 2 rings (SSSR count). The molecule has 1 aromatic rings. The summed E-state index contributed by atoms with van der Waals surface area (Å²) in [5.74, 6) is -0.556. The smallest absolute Gasteiger partial charge is 0.304 e. The zero-order valence-corrected chi connectivity index (χ0v) is 7.53. The minimum Gasteiger partial charge on any atom is -0.481 e. The number of hydrogen-bond donors (Lipinski definition) is 1. The second kappa shape index (κ2) is 2.87. The predicted molar refractivity (Wildman–Crippen MR) is 46.5 cm³/mol. The van der Waals surface area contributed by atoms with Gasteiger partial charge in [-0.3, -0.25) is 9.48 Å². The zero-order chi connectivity index (χ0) is 9.42. The van der Waals surface area contributed by atoms with Gasteiger partial charge in [-0.1, -0.05) is 0 Å². The lowest BCUT2D eigenvalue weighted by atomic mass is 10.0. The summed E-state index contributed by atoms with van der Waals surface area (Å²) in [4.78, 5) is 10.6. The molecule has 1 aliphatic carbocycles. The summed E-state index contributed by atoms with van der Waals surface area (Å²) in [6.45, 7) is 0. The van der Waals surface area contributed by atoms with Gasteiger partial charge in [0.25, 0.3) is 0 Å². The van der Waals surface area contributed by atoms with Crippen LogP contribution in [0.2, 0.25) is 0 Å². The monoisotopic (exact) mass is 180 g/mol. The van der Waals surface area contributed by atoms with E-state index in [1.54, 1.807) is 4.68 Å². The molecule has 0 saturated carbocycles. The van der Waals surface area contributed by atoms with E-state index in [1.165, 1.54) is 5.56 Å². The van der Waals surface area contributed by atoms with E-state index >= 15 is 0 Å². The molecular formula is C9H12N2O2. The molecule has 4 nitrogen and oxygen atoms in total. The lowest BCUT2D eigenvalue weighted by Crippen LogP contribution is -2.07. The van der Waals surface area contributed by atoms with Gasteiger partial charge in [-0.05, 0) is 18.4 Å². The molecule has 0 aliphatic heterocycles. The van der Waals surface area contributed by atoms with Crippen LogP contribution in [-0.2, 0) is 18.3 Å². The van der Waals surface area contributed by atoms with E-state index in [4.69, 9.17) is 5.11 Å². The molecule has 1 atom stereocenters. The highest BCUT2D eigenvalue weighted by Crippen LogP contribution is 2.34. The highest BCUT2D eigenvalue weighted by molar-refractivity contribution is 5.68. The highest BCUT2D eigenvalue weighted by Gasteiger charge is 2.27. The van der Waals surface area contributed by atoms with Crippen LogP contribution in [-0.4, -0.2) is 20.9 Å². The lowest BCUT2D eigenvalue weighted by molar-refractivity contribution is -0.137. The highest BCUT2D eigenvalue weighted by atomic mass is 16.4. The normalized spacial score (nSPS) is 20.2. The van der Waals surface area contributed by atoms with Gasteiger partial charge in [-0.15, -0.1) is 0 Å². The molecule has 1 unspecified atom stereocenters. The number of fused-ring (bicyclic) bond motifs is 1. The standard InChI is InChI=1S/C9H12N2O2/c1-11-9-6(4-8(12)13)2-3-7(9)5-10-11/h5-6H,2-4H2,1H3,(H,12,13). The van der Waals surface area contributed by atoms with Crippen LogP contribution < -0.4 is 0 Å². The molecule has 0 amide bonds. The quantitative estimate of drug-likeness (QED) is 0.736. The Bertz CT molecular complexity index is 343. The van der Waals surface area contributed by atoms with Crippen molar-refractivity contribution >= 4 is 5.97 Å². The number of carboxylic acid groups (broad SMARTS) is 1. The first-order valence-electron chi connectivity index (χ1n) is 4.41. The van der Waals surface area contributed by atoms with Gasteiger partial charge in [-0.2, -0.15) is 5.10 Å². The summed E-state index contributed by atoms with van der Waals surface area (Å²) in [5.41, 5.74) is 2.33. The minimum absolute atomic E-state index is 0.167. The van der Waals surface area contributed by atoms with Gasteiger partial charge in [0.1, 0.15) is 0 Å². The maximum atomic E-state index is 10.6. The van der Waals surface area contributed by atoms with Crippen molar-refractivity contribution in [2.75, 3.05) is 0 Å². The number of nitrogens with zero attached hydrogens (tertiary/aromatic N) is 2. The van der Waals surface area contributed by atoms with Gasteiger partial charge in [-0.25, -0.2) is 0 Å². The summed E-state index contributed by atoms with van der Waals surface area (Å²) >= 11 is 0. The molecule has 0 radical (unpaired) electrons. The number of carbonyl (C=O) groups is 1. The molecule has 1 heterocycles. The van der Waals surface area contributed by atoms with Crippen molar-refractivity contribution in [3.8, 4) is 0 Å². The van der Waals surface area contributed by atoms with E-state index in [2.05, 4.69) is 5.10 Å². The van der Waals surface area contributed by atoms with E-state index in [0.29, 0.717) is 0 Å². The van der Waals surface area contributed by atoms with Crippen LogP contribution in [0.3, 0.4) is 0 Å². The largest absolute Gasteiger partial charge is 0.481 e. The van der Waals surface area contributed by atoms with Gasteiger partial charge in [0.15, 0.2) is 0 Å².